The molecule has 3 aromatic rings. The van der Waals surface area contributed by atoms with Gasteiger partial charge in [-0.1, -0.05) is 42.1 Å². The van der Waals surface area contributed by atoms with Crippen LogP contribution in [0.15, 0.2) is 58.5 Å². The van der Waals surface area contributed by atoms with E-state index in [0.717, 1.165) is 9.92 Å². The molecular formula is C14H12N4S. The van der Waals surface area contributed by atoms with Gasteiger partial charge in [0, 0.05) is 11.0 Å². The first-order chi connectivity index (χ1) is 9.20. The SMILES string of the molecule is Nc1cc(Sc2ccc3ccccc3c2)nc(N)n1. The van der Waals surface area contributed by atoms with Gasteiger partial charge in [0.2, 0.25) is 5.95 Å². The molecule has 0 aliphatic heterocycles. The number of hydrogen-bond donors (Lipinski definition) is 2. The van der Waals surface area contributed by atoms with Crippen LogP contribution < -0.4 is 11.5 Å². The molecule has 0 saturated heterocycles. The van der Waals surface area contributed by atoms with Crippen molar-refractivity contribution in [3.8, 4) is 0 Å². The Labute approximate surface area is 114 Å². The maximum absolute atomic E-state index is 5.66. The van der Waals surface area contributed by atoms with Gasteiger partial charge in [-0.25, -0.2) is 4.98 Å². The van der Waals surface area contributed by atoms with Crippen LogP contribution in [0.1, 0.15) is 0 Å². The number of hydrogen-bond acceptors (Lipinski definition) is 5. The summed E-state index contributed by atoms with van der Waals surface area (Å²) >= 11 is 1.52. The number of rotatable bonds is 2. The minimum absolute atomic E-state index is 0.197. The Bertz CT molecular complexity index is 722. The van der Waals surface area contributed by atoms with Gasteiger partial charge in [-0.15, -0.1) is 0 Å². The minimum Gasteiger partial charge on any atom is -0.383 e. The van der Waals surface area contributed by atoms with Gasteiger partial charge in [-0.3, -0.25) is 0 Å². The van der Waals surface area contributed by atoms with Crippen LogP contribution in [0, 0.1) is 0 Å². The van der Waals surface area contributed by atoms with Crippen molar-refractivity contribution in [2.45, 2.75) is 9.92 Å². The summed E-state index contributed by atoms with van der Waals surface area (Å²) in [5.41, 5.74) is 11.2. The van der Waals surface area contributed by atoms with E-state index in [4.69, 9.17) is 11.5 Å². The maximum Gasteiger partial charge on any atom is 0.223 e. The summed E-state index contributed by atoms with van der Waals surface area (Å²) < 4.78 is 0. The third-order valence-electron chi connectivity index (χ3n) is 2.68. The summed E-state index contributed by atoms with van der Waals surface area (Å²) in [6, 6.07) is 16.2. The lowest BCUT2D eigenvalue weighted by Crippen LogP contribution is -1.99. The van der Waals surface area contributed by atoms with Gasteiger partial charge < -0.3 is 11.5 Å². The van der Waals surface area contributed by atoms with E-state index in [1.54, 1.807) is 6.07 Å². The number of nitrogens with two attached hydrogens (primary N) is 2. The standard InChI is InChI=1S/C14H12N4S/c15-12-8-13(18-14(16)17-12)19-11-6-5-9-3-1-2-4-10(9)7-11/h1-8H,(H4,15,16,17,18). The van der Waals surface area contributed by atoms with Gasteiger partial charge in [0.15, 0.2) is 0 Å². The zero-order valence-electron chi connectivity index (χ0n) is 10.1. The second-order valence-electron chi connectivity index (χ2n) is 4.10. The molecule has 5 heteroatoms. The molecule has 0 unspecified atom stereocenters. The lowest BCUT2D eigenvalue weighted by molar-refractivity contribution is 1.07. The number of benzene rings is 2. The molecule has 0 spiro atoms. The quantitative estimate of drug-likeness (QED) is 0.699. The van der Waals surface area contributed by atoms with Crippen molar-refractivity contribution in [1.82, 2.24) is 9.97 Å². The lowest BCUT2D eigenvalue weighted by Gasteiger charge is -2.04. The zero-order chi connectivity index (χ0) is 13.2. The molecule has 0 aliphatic carbocycles. The van der Waals surface area contributed by atoms with Crippen molar-refractivity contribution < 1.29 is 0 Å². The number of nitrogens with zero attached hydrogens (tertiary/aromatic N) is 2. The molecule has 2 aromatic carbocycles. The Balaban J connectivity index is 1.96. The fraction of sp³-hybridized carbons (Fsp3) is 0. The number of fused-ring (bicyclic) bond motifs is 1. The van der Waals surface area contributed by atoms with Crippen LogP contribution in [0.3, 0.4) is 0 Å². The fourth-order valence-corrected chi connectivity index (χ4v) is 2.75. The molecule has 0 aliphatic rings. The molecule has 19 heavy (non-hydrogen) atoms. The highest BCUT2D eigenvalue weighted by Gasteiger charge is 2.03. The first-order valence-electron chi connectivity index (χ1n) is 5.77. The van der Waals surface area contributed by atoms with Crippen LogP contribution in [0.5, 0.6) is 0 Å². The topological polar surface area (TPSA) is 77.8 Å². The summed E-state index contributed by atoms with van der Waals surface area (Å²) in [6.07, 6.45) is 0. The summed E-state index contributed by atoms with van der Waals surface area (Å²) in [5.74, 6) is 0.582. The van der Waals surface area contributed by atoms with E-state index in [2.05, 4.69) is 40.3 Å². The van der Waals surface area contributed by atoms with Crippen LogP contribution in [-0.4, -0.2) is 9.97 Å². The Morgan fingerprint density at radius 2 is 1.63 bits per heavy atom. The van der Waals surface area contributed by atoms with E-state index in [1.807, 2.05) is 12.1 Å². The smallest absolute Gasteiger partial charge is 0.223 e. The Hall–Kier alpha value is -2.27. The van der Waals surface area contributed by atoms with E-state index in [0.29, 0.717) is 5.82 Å². The molecule has 0 fully saturated rings. The van der Waals surface area contributed by atoms with Gasteiger partial charge in [0.05, 0.1) is 0 Å². The molecular weight excluding hydrogens is 256 g/mol. The normalized spacial score (nSPS) is 10.7. The average molecular weight is 268 g/mol. The molecule has 1 aromatic heterocycles. The Morgan fingerprint density at radius 1 is 0.842 bits per heavy atom. The van der Waals surface area contributed by atoms with E-state index < -0.39 is 0 Å². The number of nitrogen functional groups attached to an aromatic ring is 2. The van der Waals surface area contributed by atoms with Crippen LogP contribution in [0.4, 0.5) is 11.8 Å². The Morgan fingerprint density at radius 3 is 2.42 bits per heavy atom. The highest BCUT2D eigenvalue weighted by atomic mass is 32.2. The van der Waals surface area contributed by atoms with Gasteiger partial charge >= 0.3 is 0 Å². The second kappa shape index (κ2) is 4.78. The van der Waals surface area contributed by atoms with Crippen LogP contribution in [-0.2, 0) is 0 Å². The van der Waals surface area contributed by atoms with Crippen molar-refractivity contribution in [3.63, 3.8) is 0 Å². The molecule has 0 bridgehead atoms. The molecule has 1 heterocycles. The van der Waals surface area contributed by atoms with E-state index >= 15 is 0 Å². The van der Waals surface area contributed by atoms with Crippen molar-refractivity contribution in [1.29, 1.82) is 0 Å². The monoisotopic (exact) mass is 268 g/mol. The van der Waals surface area contributed by atoms with Crippen molar-refractivity contribution in [2.24, 2.45) is 0 Å². The van der Waals surface area contributed by atoms with Crippen LogP contribution in [0.25, 0.3) is 10.8 Å². The van der Waals surface area contributed by atoms with Crippen molar-refractivity contribution in [3.05, 3.63) is 48.5 Å². The molecule has 4 nitrogen and oxygen atoms in total. The highest BCUT2D eigenvalue weighted by Crippen LogP contribution is 2.29. The average Bonchev–Trinajstić information content (AvgIpc) is 2.37. The molecule has 0 radical (unpaired) electrons. The summed E-state index contributed by atoms with van der Waals surface area (Å²) in [6.45, 7) is 0. The third-order valence-corrected chi connectivity index (χ3v) is 3.59. The van der Waals surface area contributed by atoms with Crippen molar-refractivity contribution >= 4 is 34.3 Å². The molecule has 0 atom stereocenters. The number of aromatic nitrogens is 2. The van der Waals surface area contributed by atoms with Crippen LogP contribution in [0.2, 0.25) is 0 Å². The molecule has 0 saturated carbocycles. The largest absolute Gasteiger partial charge is 0.383 e. The second-order valence-corrected chi connectivity index (χ2v) is 5.19. The fourth-order valence-electron chi connectivity index (χ4n) is 1.87. The lowest BCUT2D eigenvalue weighted by atomic mass is 10.1. The van der Waals surface area contributed by atoms with Crippen LogP contribution >= 0.6 is 11.8 Å². The molecule has 4 N–H and O–H groups in total. The summed E-state index contributed by atoms with van der Waals surface area (Å²) in [5, 5.41) is 3.16. The van der Waals surface area contributed by atoms with E-state index in [9.17, 15) is 0 Å². The molecule has 94 valence electrons. The molecule has 0 amide bonds. The molecule has 3 rings (SSSR count). The predicted octanol–water partition coefficient (Wildman–Crippen LogP) is 2.95. The zero-order valence-corrected chi connectivity index (χ0v) is 10.9. The Kier molecular flexibility index (Phi) is 2.97. The third kappa shape index (κ3) is 2.61. The summed E-state index contributed by atoms with van der Waals surface area (Å²) in [4.78, 5) is 9.11. The maximum atomic E-state index is 5.66. The van der Waals surface area contributed by atoms with Gasteiger partial charge in [-0.2, -0.15) is 4.98 Å². The van der Waals surface area contributed by atoms with E-state index in [-0.39, 0.29) is 5.95 Å². The van der Waals surface area contributed by atoms with Gasteiger partial charge in [-0.05, 0) is 22.9 Å². The number of anilines is 2. The predicted molar refractivity (Wildman–Crippen MR) is 78.9 cm³/mol. The van der Waals surface area contributed by atoms with Gasteiger partial charge in [0.25, 0.3) is 0 Å². The minimum atomic E-state index is 0.197. The summed E-state index contributed by atoms with van der Waals surface area (Å²) in [7, 11) is 0. The van der Waals surface area contributed by atoms with Gasteiger partial charge in [0.1, 0.15) is 10.8 Å². The van der Waals surface area contributed by atoms with E-state index in [1.165, 1.54) is 22.5 Å². The highest BCUT2D eigenvalue weighted by molar-refractivity contribution is 7.99. The first kappa shape index (κ1) is 11.8. The van der Waals surface area contributed by atoms with Crippen molar-refractivity contribution in [2.75, 3.05) is 11.5 Å². The first-order valence-corrected chi connectivity index (χ1v) is 6.59.